The van der Waals surface area contributed by atoms with E-state index in [-0.39, 0.29) is 5.56 Å². The maximum Gasteiger partial charge on any atom is 0.349 e. The molecule has 1 fully saturated rings. The van der Waals surface area contributed by atoms with Gasteiger partial charge in [0.15, 0.2) is 0 Å². The summed E-state index contributed by atoms with van der Waals surface area (Å²) in [5.41, 5.74) is 2.28. The summed E-state index contributed by atoms with van der Waals surface area (Å²) in [6.45, 7) is 2.05. The molecule has 1 heterocycles. The highest BCUT2D eigenvalue weighted by molar-refractivity contribution is 6.05. The number of fused-ring (bicyclic) bond motifs is 1. The van der Waals surface area contributed by atoms with E-state index in [1.54, 1.807) is 19.2 Å². The van der Waals surface area contributed by atoms with Gasteiger partial charge in [0.05, 0.1) is 7.11 Å². The van der Waals surface area contributed by atoms with Crippen molar-refractivity contribution in [1.82, 2.24) is 0 Å². The molecule has 2 N–H and O–H groups in total. The summed E-state index contributed by atoms with van der Waals surface area (Å²) in [5.74, 6) is 0.191. The fraction of sp³-hybridized carbons (Fsp3) is 0.304. The van der Waals surface area contributed by atoms with Crippen LogP contribution in [0.3, 0.4) is 0 Å². The lowest BCUT2D eigenvalue weighted by Crippen LogP contribution is -2.20. The highest BCUT2D eigenvalue weighted by Gasteiger charge is 2.21. The van der Waals surface area contributed by atoms with Gasteiger partial charge in [-0.3, -0.25) is 4.79 Å². The number of ether oxygens (including phenoxy) is 1. The van der Waals surface area contributed by atoms with Gasteiger partial charge in [-0.2, -0.15) is 0 Å². The molecule has 4 rings (SSSR count). The van der Waals surface area contributed by atoms with E-state index in [2.05, 4.69) is 10.6 Å². The van der Waals surface area contributed by atoms with E-state index in [1.165, 1.54) is 12.8 Å². The normalized spacial score (nSPS) is 13.3. The van der Waals surface area contributed by atoms with Crippen LogP contribution in [0.25, 0.3) is 11.0 Å². The second-order valence-electron chi connectivity index (χ2n) is 7.31. The van der Waals surface area contributed by atoms with Crippen LogP contribution in [0.5, 0.6) is 5.75 Å². The Kier molecular flexibility index (Phi) is 5.25. The van der Waals surface area contributed by atoms with Crippen LogP contribution in [-0.2, 0) is 6.42 Å². The Morgan fingerprint density at radius 3 is 2.52 bits per heavy atom. The van der Waals surface area contributed by atoms with Crippen LogP contribution in [0.15, 0.2) is 51.7 Å². The average Bonchev–Trinajstić information content (AvgIpc) is 3.53. The Bertz CT molecular complexity index is 1100. The van der Waals surface area contributed by atoms with E-state index in [4.69, 9.17) is 9.15 Å². The van der Waals surface area contributed by atoms with Crippen molar-refractivity contribution < 1.29 is 13.9 Å². The first-order chi connectivity index (χ1) is 14.1. The summed E-state index contributed by atoms with van der Waals surface area (Å²) in [6.07, 6.45) is 3.99. The zero-order valence-corrected chi connectivity index (χ0v) is 16.6. The molecule has 1 saturated carbocycles. The fourth-order valence-electron chi connectivity index (χ4n) is 3.37. The molecule has 1 aliphatic rings. The second-order valence-corrected chi connectivity index (χ2v) is 7.31. The molecule has 0 unspecified atom stereocenters. The van der Waals surface area contributed by atoms with Crippen molar-refractivity contribution in [3.8, 4) is 5.75 Å². The van der Waals surface area contributed by atoms with Gasteiger partial charge in [-0.1, -0.05) is 13.3 Å². The Balaban J connectivity index is 1.60. The van der Waals surface area contributed by atoms with E-state index < -0.39 is 11.5 Å². The number of methoxy groups -OCH3 is 1. The molecule has 0 radical (unpaired) electrons. The molecule has 29 heavy (non-hydrogen) atoms. The molecule has 0 aliphatic heterocycles. The lowest BCUT2D eigenvalue weighted by Gasteiger charge is -2.11. The molecule has 6 nitrogen and oxygen atoms in total. The molecular formula is C23H24N2O4. The lowest BCUT2D eigenvalue weighted by atomic mass is 10.0. The van der Waals surface area contributed by atoms with Gasteiger partial charge in [0.2, 0.25) is 0 Å². The molecule has 2 aromatic carbocycles. The molecule has 150 valence electrons. The molecule has 0 atom stereocenters. The topological polar surface area (TPSA) is 80.6 Å². The molecule has 1 aromatic heterocycles. The van der Waals surface area contributed by atoms with Gasteiger partial charge < -0.3 is 19.8 Å². The van der Waals surface area contributed by atoms with Gasteiger partial charge in [-0.25, -0.2) is 4.79 Å². The third-order valence-electron chi connectivity index (χ3n) is 5.02. The van der Waals surface area contributed by atoms with E-state index in [0.717, 1.165) is 24.1 Å². The van der Waals surface area contributed by atoms with Crippen molar-refractivity contribution in [2.24, 2.45) is 0 Å². The standard InChI is InChI=1S/C23H24N2O4/c1-3-4-18-20(28-2)12-5-14-13-19(23(27)29-21(14)18)22(26)25-17-10-8-16(9-11-17)24-15-6-7-15/h5,8-13,15,24H,3-4,6-7H2,1-2H3,(H,25,26). The summed E-state index contributed by atoms with van der Waals surface area (Å²) in [7, 11) is 1.59. The first-order valence-corrected chi connectivity index (χ1v) is 9.90. The minimum Gasteiger partial charge on any atom is -0.496 e. The van der Waals surface area contributed by atoms with Crippen LogP contribution >= 0.6 is 0 Å². The van der Waals surface area contributed by atoms with E-state index in [0.29, 0.717) is 28.4 Å². The van der Waals surface area contributed by atoms with Crippen molar-refractivity contribution in [3.05, 3.63) is 64.0 Å². The van der Waals surface area contributed by atoms with Crippen LogP contribution in [0.2, 0.25) is 0 Å². The molecule has 0 saturated heterocycles. The largest absolute Gasteiger partial charge is 0.496 e. The SMILES string of the molecule is CCCc1c(OC)ccc2cc(C(=O)Nc3ccc(NC4CC4)cc3)c(=O)oc12. The number of hydrogen-bond donors (Lipinski definition) is 2. The quantitative estimate of drug-likeness (QED) is 0.575. The number of hydrogen-bond acceptors (Lipinski definition) is 5. The monoisotopic (exact) mass is 392 g/mol. The zero-order valence-electron chi connectivity index (χ0n) is 16.6. The van der Waals surface area contributed by atoms with Crippen LogP contribution < -0.4 is 21.0 Å². The zero-order chi connectivity index (χ0) is 20.4. The number of amides is 1. The highest BCUT2D eigenvalue weighted by Crippen LogP contribution is 2.29. The third-order valence-corrected chi connectivity index (χ3v) is 5.02. The number of rotatable bonds is 7. The molecule has 6 heteroatoms. The maximum atomic E-state index is 12.7. The Morgan fingerprint density at radius 2 is 1.86 bits per heavy atom. The van der Waals surface area contributed by atoms with E-state index >= 15 is 0 Å². The van der Waals surface area contributed by atoms with Gasteiger partial charge in [0, 0.05) is 28.4 Å². The molecule has 0 bridgehead atoms. The lowest BCUT2D eigenvalue weighted by molar-refractivity contribution is 0.102. The summed E-state index contributed by atoms with van der Waals surface area (Å²) in [5, 5.41) is 6.86. The number of carbonyl (C=O) groups is 1. The molecule has 1 aliphatic carbocycles. The minimum absolute atomic E-state index is 0.0229. The average molecular weight is 392 g/mol. The number of carbonyl (C=O) groups excluding carboxylic acids is 1. The van der Waals surface area contributed by atoms with Crippen molar-refractivity contribution in [2.45, 2.75) is 38.6 Å². The van der Waals surface area contributed by atoms with Gasteiger partial charge in [-0.15, -0.1) is 0 Å². The van der Waals surface area contributed by atoms with E-state index in [9.17, 15) is 9.59 Å². The molecule has 1 amide bonds. The van der Waals surface area contributed by atoms with Crippen LogP contribution in [-0.4, -0.2) is 19.1 Å². The summed E-state index contributed by atoms with van der Waals surface area (Å²) < 4.78 is 10.9. The summed E-state index contributed by atoms with van der Waals surface area (Å²) in [6, 6.07) is 13.2. The fourth-order valence-corrected chi connectivity index (χ4v) is 3.37. The smallest absolute Gasteiger partial charge is 0.349 e. The van der Waals surface area contributed by atoms with Crippen molar-refractivity contribution in [1.29, 1.82) is 0 Å². The molecular weight excluding hydrogens is 368 g/mol. The Labute approximate surface area is 168 Å². The van der Waals surface area contributed by atoms with Crippen LogP contribution in [0, 0.1) is 0 Å². The van der Waals surface area contributed by atoms with Gasteiger partial charge >= 0.3 is 5.63 Å². The van der Waals surface area contributed by atoms with Crippen molar-refractivity contribution in [2.75, 3.05) is 17.7 Å². The highest BCUT2D eigenvalue weighted by atomic mass is 16.5. The van der Waals surface area contributed by atoms with Crippen molar-refractivity contribution >= 4 is 28.3 Å². The van der Waals surface area contributed by atoms with Crippen LogP contribution in [0.4, 0.5) is 11.4 Å². The van der Waals surface area contributed by atoms with Gasteiger partial charge in [0.1, 0.15) is 16.9 Å². The minimum atomic E-state index is -0.660. The van der Waals surface area contributed by atoms with Gasteiger partial charge in [0.25, 0.3) is 5.91 Å². The van der Waals surface area contributed by atoms with Gasteiger partial charge in [-0.05, 0) is 61.7 Å². The Hall–Kier alpha value is -3.28. The number of nitrogens with one attached hydrogen (secondary N) is 2. The number of aryl methyl sites for hydroxylation is 1. The second kappa shape index (κ2) is 7.99. The first-order valence-electron chi connectivity index (χ1n) is 9.90. The van der Waals surface area contributed by atoms with Crippen molar-refractivity contribution in [3.63, 3.8) is 0 Å². The summed E-state index contributed by atoms with van der Waals surface area (Å²) in [4.78, 5) is 25.2. The van der Waals surface area contributed by atoms with Crippen LogP contribution in [0.1, 0.15) is 42.1 Å². The number of benzene rings is 2. The van der Waals surface area contributed by atoms with E-state index in [1.807, 2.05) is 37.3 Å². The number of anilines is 2. The predicted octanol–water partition coefficient (Wildman–Crippen LogP) is 4.58. The Morgan fingerprint density at radius 1 is 1.14 bits per heavy atom. The third kappa shape index (κ3) is 4.11. The molecule has 3 aromatic rings. The molecule has 0 spiro atoms. The maximum absolute atomic E-state index is 12.7. The summed E-state index contributed by atoms with van der Waals surface area (Å²) >= 11 is 0. The first kappa shape index (κ1) is 19.1. The predicted molar refractivity (Wildman–Crippen MR) is 114 cm³/mol.